The highest BCUT2D eigenvalue weighted by Gasteiger charge is 2.32. The van der Waals surface area contributed by atoms with Gasteiger partial charge in [0.1, 0.15) is 10.6 Å². The molecule has 0 amide bonds. The fourth-order valence-corrected chi connectivity index (χ4v) is 5.73. The van der Waals surface area contributed by atoms with Gasteiger partial charge >= 0.3 is 0 Å². The van der Waals surface area contributed by atoms with Gasteiger partial charge < -0.3 is 8.94 Å². The van der Waals surface area contributed by atoms with Crippen LogP contribution in [-0.2, 0) is 16.6 Å². The van der Waals surface area contributed by atoms with Crippen molar-refractivity contribution >= 4 is 21.4 Å². The maximum Gasteiger partial charge on any atom is 0.257 e. The largest absolute Gasteiger partial charge is 0.419 e. The molecule has 0 aromatic carbocycles. The van der Waals surface area contributed by atoms with E-state index in [-0.39, 0.29) is 4.90 Å². The Morgan fingerprint density at radius 1 is 1.18 bits per heavy atom. The maximum absolute atomic E-state index is 13.0. The van der Waals surface area contributed by atoms with Crippen molar-refractivity contribution < 1.29 is 17.4 Å². The van der Waals surface area contributed by atoms with Gasteiger partial charge in [0, 0.05) is 19.6 Å². The average molecular weight is 424 g/mol. The number of rotatable bonds is 5. The average Bonchev–Trinajstić information content (AvgIpc) is 3.35. The highest BCUT2D eigenvalue weighted by Crippen LogP contribution is 2.25. The van der Waals surface area contributed by atoms with Gasteiger partial charge in [0.2, 0.25) is 15.9 Å². The van der Waals surface area contributed by atoms with Crippen LogP contribution in [0.15, 0.2) is 31.3 Å². The molecule has 4 heterocycles. The summed E-state index contributed by atoms with van der Waals surface area (Å²) in [7, 11) is -3.62. The molecule has 4 rings (SSSR count). The number of hydrogen-bond acceptors (Lipinski definition) is 9. The molecule has 9 nitrogen and oxygen atoms in total. The normalized spacial score (nSPS) is 17.1. The van der Waals surface area contributed by atoms with Crippen molar-refractivity contribution in [3.63, 3.8) is 0 Å². The van der Waals surface area contributed by atoms with Crippen molar-refractivity contribution in [2.45, 2.75) is 31.7 Å². The van der Waals surface area contributed by atoms with Crippen LogP contribution in [0.3, 0.4) is 0 Å². The van der Waals surface area contributed by atoms with Crippen LogP contribution >= 0.6 is 11.3 Å². The molecule has 0 aliphatic carbocycles. The van der Waals surface area contributed by atoms with Gasteiger partial charge in [0.25, 0.3) is 5.89 Å². The lowest BCUT2D eigenvalue weighted by Gasteiger charge is -2.20. The minimum Gasteiger partial charge on any atom is -0.419 e. The van der Waals surface area contributed by atoms with E-state index >= 15 is 0 Å². The van der Waals surface area contributed by atoms with E-state index < -0.39 is 10.0 Å². The second-order valence-corrected chi connectivity index (χ2v) is 9.49. The summed E-state index contributed by atoms with van der Waals surface area (Å²) in [4.78, 5) is 3.25. The number of hydrogen-bond donors (Lipinski definition) is 0. The van der Waals surface area contributed by atoms with Gasteiger partial charge in [-0.1, -0.05) is 11.2 Å². The van der Waals surface area contributed by atoms with Crippen molar-refractivity contribution in [2.24, 2.45) is 0 Å². The summed E-state index contributed by atoms with van der Waals surface area (Å²) in [6.07, 6.45) is 0.717. The topological polar surface area (TPSA) is 106 Å². The molecule has 150 valence electrons. The highest BCUT2D eigenvalue weighted by molar-refractivity contribution is 7.89. The van der Waals surface area contributed by atoms with Gasteiger partial charge in [0.05, 0.1) is 11.4 Å². The first kappa shape index (κ1) is 19.2. The monoisotopic (exact) mass is 423 g/mol. The van der Waals surface area contributed by atoms with Crippen molar-refractivity contribution in [3.05, 3.63) is 34.9 Å². The Kier molecular flexibility index (Phi) is 5.32. The quantitative estimate of drug-likeness (QED) is 0.615. The molecule has 0 N–H and O–H groups in total. The molecule has 1 aliphatic heterocycles. The standard InChI is InChI=1S/C17H21N5O4S2/c1-12-16(13(2)26-20-12)28(23,24)22-7-4-6-21(8-9-22)11-15-18-19-17(25-15)14-5-3-10-27-14/h3,5,10H,4,6-9,11H2,1-2H3. The summed E-state index contributed by atoms with van der Waals surface area (Å²) in [5.74, 6) is 1.37. The van der Waals surface area contributed by atoms with E-state index in [1.54, 1.807) is 25.2 Å². The molecule has 0 saturated carbocycles. The first-order valence-electron chi connectivity index (χ1n) is 8.97. The van der Waals surface area contributed by atoms with Gasteiger partial charge in [-0.15, -0.1) is 21.5 Å². The molecule has 1 aliphatic rings. The van der Waals surface area contributed by atoms with Crippen LogP contribution in [0.2, 0.25) is 0 Å². The van der Waals surface area contributed by atoms with Crippen molar-refractivity contribution in [3.8, 4) is 10.8 Å². The van der Waals surface area contributed by atoms with Gasteiger partial charge in [0.15, 0.2) is 5.76 Å². The zero-order valence-corrected chi connectivity index (χ0v) is 17.3. The van der Waals surface area contributed by atoms with Crippen molar-refractivity contribution in [1.82, 2.24) is 24.6 Å². The highest BCUT2D eigenvalue weighted by atomic mass is 32.2. The first-order valence-corrected chi connectivity index (χ1v) is 11.3. The molecule has 28 heavy (non-hydrogen) atoms. The molecule has 0 atom stereocenters. The lowest BCUT2D eigenvalue weighted by Crippen LogP contribution is -2.35. The van der Waals surface area contributed by atoms with Gasteiger partial charge in [-0.25, -0.2) is 8.42 Å². The number of aryl methyl sites for hydroxylation is 2. The third-order valence-corrected chi connectivity index (χ3v) is 7.67. The third kappa shape index (κ3) is 3.75. The van der Waals surface area contributed by atoms with Crippen LogP contribution in [0.4, 0.5) is 0 Å². The third-order valence-electron chi connectivity index (χ3n) is 4.67. The van der Waals surface area contributed by atoms with Gasteiger partial charge in [-0.3, -0.25) is 4.90 Å². The molecule has 0 spiro atoms. The summed E-state index contributed by atoms with van der Waals surface area (Å²) in [5.41, 5.74) is 0.394. The number of sulfonamides is 1. The van der Waals surface area contributed by atoms with Gasteiger partial charge in [-0.05, 0) is 38.3 Å². The zero-order valence-electron chi connectivity index (χ0n) is 15.7. The Morgan fingerprint density at radius 3 is 2.75 bits per heavy atom. The van der Waals surface area contributed by atoms with E-state index in [0.29, 0.717) is 55.8 Å². The van der Waals surface area contributed by atoms with Crippen LogP contribution in [0.1, 0.15) is 23.8 Å². The summed E-state index contributed by atoms with van der Waals surface area (Å²) in [6, 6.07) is 3.87. The molecule has 3 aromatic rings. The summed E-state index contributed by atoms with van der Waals surface area (Å²) < 4.78 is 38.3. The second kappa shape index (κ2) is 7.74. The van der Waals surface area contributed by atoms with Gasteiger partial charge in [-0.2, -0.15) is 4.31 Å². The van der Waals surface area contributed by atoms with Crippen molar-refractivity contribution in [2.75, 3.05) is 26.2 Å². The molecule has 1 saturated heterocycles. The molecule has 0 bridgehead atoms. The lowest BCUT2D eigenvalue weighted by atomic mass is 10.4. The molecule has 1 fully saturated rings. The molecule has 3 aromatic heterocycles. The van der Waals surface area contributed by atoms with Crippen LogP contribution in [0.5, 0.6) is 0 Å². The lowest BCUT2D eigenvalue weighted by molar-refractivity contribution is 0.251. The molecular formula is C17H21N5O4S2. The van der Waals surface area contributed by atoms with E-state index in [1.165, 1.54) is 4.31 Å². The van der Waals surface area contributed by atoms with Crippen LogP contribution in [-0.4, -0.2) is 59.2 Å². The van der Waals surface area contributed by atoms with E-state index in [1.807, 2.05) is 17.5 Å². The van der Waals surface area contributed by atoms with E-state index in [4.69, 9.17) is 8.94 Å². The zero-order chi connectivity index (χ0) is 19.7. The minimum absolute atomic E-state index is 0.179. The van der Waals surface area contributed by atoms with Crippen LogP contribution < -0.4 is 0 Å². The summed E-state index contributed by atoms with van der Waals surface area (Å²) >= 11 is 1.55. The fraction of sp³-hybridized carbons (Fsp3) is 0.471. The summed E-state index contributed by atoms with van der Waals surface area (Å²) in [6.45, 7) is 5.94. The number of aromatic nitrogens is 3. The Balaban J connectivity index is 1.43. The Hall–Kier alpha value is -2.08. The van der Waals surface area contributed by atoms with E-state index in [9.17, 15) is 8.42 Å². The fourth-order valence-electron chi connectivity index (χ4n) is 3.33. The van der Waals surface area contributed by atoms with Crippen LogP contribution in [0.25, 0.3) is 10.8 Å². The smallest absolute Gasteiger partial charge is 0.257 e. The maximum atomic E-state index is 13.0. The predicted octanol–water partition coefficient (Wildman–Crippen LogP) is 2.30. The van der Waals surface area contributed by atoms with Crippen LogP contribution in [0, 0.1) is 13.8 Å². The number of nitrogens with zero attached hydrogens (tertiary/aromatic N) is 5. The Bertz CT molecular complexity index is 1020. The molecule has 11 heteroatoms. The van der Waals surface area contributed by atoms with E-state index in [2.05, 4.69) is 20.3 Å². The van der Waals surface area contributed by atoms with Crippen molar-refractivity contribution in [1.29, 1.82) is 0 Å². The summed E-state index contributed by atoms with van der Waals surface area (Å²) in [5, 5.41) is 14.0. The Labute approximate surface area is 167 Å². The predicted molar refractivity (Wildman–Crippen MR) is 102 cm³/mol. The first-order chi connectivity index (χ1) is 13.4. The Morgan fingerprint density at radius 2 is 2.04 bits per heavy atom. The molecule has 0 unspecified atom stereocenters. The minimum atomic E-state index is -3.62. The van der Waals surface area contributed by atoms with E-state index in [0.717, 1.165) is 11.4 Å². The SMILES string of the molecule is Cc1noc(C)c1S(=O)(=O)N1CCCN(Cc2nnc(-c3cccs3)o2)CC1. The second-order valence-electron chi connectivity index (χ2n) is 6.67. The molecular weight excluding hydrogens is 402 g/mol. The number of thiophene rings is 1. The molecule has 0 radical (unpaired) electrons.